The number of nitrogens with zero attached hydrogens (tertiary/aromatic N) is 5. The molecule has 0 N–H and O–H groups in total. The van der Waals surface area contributed by atoms with Crippen molar-refractivity contribution in [1.82, 2.24) is 24.8 Å². The highest BCUT2D eigenvalue weighted by Crippen LogP contribution is 2.43. The Bertz CT molecular complexity index is 783. The van der Waals surface area contributed by atoms with Crippen molar-refractivity contribution in [3.05, 3.63) is 29.7 Å². The van der Waals surface area contributed by atoms with Gasteiger partial charge in [-0.1, -0.05) is 5.16 Å². The van der Waals surface area contributed by atoms with E-state index < -0.39 is 24.9 Å². The topological polar surface area (TPSA) is 77.1 Å². The molecular formula is C16H19F2N5O2. The number of alkyl halides is 2. The summed E-state index contributed by atoms with van der Waals surface area (Å²) in [6.45, 7) is 1.63. The van der Waals surface area contributed by atoms with Gasteiger partial charge in [0.15, 0.2) is 5.82 Å². The molecule has 1 saturated heterocycles. The summed E-state index contributed by atoms with van der Waals surface area (Å²) < 4.78 is 34.7. The molecule has 9 heteroatoms. The number of carbonyl (C=O) groups is 1. The van der Waals surface area contributed by atoms with Crippen LogP contribution >= 0.6 is 0 Å². The fraction of sp³-hybridized carbons (Fsp3) is 0.625. The first-order valence-corrected chi connectivity index (χ1v) is 8.41. The average molecular weight is 351 g/mol. The van der Waals surface area contributed by atoms with Crippen LogP contribution in [0.2, 0.25) is 0 Å². The van der Waals surface area contributed by atoms with Crippen LogP contribution in [0.5, 0.6) is 0 Å². The predicted molar refractivity (Wildman–Crippen MR) is 81.9 cm³/mol. The number of likely N-dealkylation sites (tertiary alicyclic amines) is 1. The van der Waals surface area contributed by atoms with Crippen LogP contribution in [0.25, 0.3) is 0 Å². The van der Waals surface area contributed by atoms with E-state index in [0.29, 0.717) is 12.4 Å². The van der Waals surface area contributed by atoms with Crippen LogP contribution in [0, 0.1) is 6.92 Å². The van der Waals surface area contributed by atoms with Crippen molar-refractivity contribution in [2.75, 3.05) is 6.54 Å². The molecule has 134 valence electrons. The molecule has 0 radical (unpaired) electrons. The highest BCUT2D eigenvalue weighted by Gasteiger charge is 2.49. The van der Waals surface area contributed by atoms with E-state index in [0.717, 1.165) is 18.4 Å². The number of amides is 1. The summed E-state index contributed by atoms with van der Waals surface area (Å²) in [5, 5.41) is 7.98. The molecule has 0 spiro atoms. The van der Waals surface area contributed by atoms with Crippen molar-refractivity contribution >= 4 is 5.91 Å². The van der Waals surface area contributed by atoms with Crippen LogP contribution in [-0.4, -0.2) is 43.2 Å². The highest BCUT2D eigenvalue weighted by molar-refractivity contribution is 5.77. The molecule has 4 rings (SSSR count). The van der Waals surface area contributed by atoms with E-state index in [1.54, 1.807) is 10.9 Å². The molecule has 1 atom stereocenters. The van der Waals surface area contributed by atoms with Crippen molar-refractivity contribution in [2.24, 2.45) is 0 Å². The molecule has 1 saturated carbocycles. The van der Waals surface area contributed by atoms with Gasteiger partial charge in [-0.3, -0.25) is 9.48 Å². The smallest absolute Gasteiger partial charge is 0.267 e. The molecule has 0 unspecified atom stereocenters. The number of halogens is 2. The zero-order valence-corrected chi connectivity index (χ0v) is 13.9. The highest BCUT2D eigenvalue weighted by atomic mass is 19.3. The molecule has 7 nitrogen and oxygen atoms in total. The van der Waals surface area contributed by atoms with Crippen LogP contribution in [0.1, 0.15) is 54.9 Å². The SMILES string of the molecule is Cc1cnn(CCC(=O)N2CC(F)(F)C[C@H]2c2nc(C3CC3)no2)c1. The van der Waals surface area contributed by atoms with E-state index >= 15 is 0 Å². The number of carbonyl (C=O) groups excluding carboxylic acids is 1. The maximum Gasteiger partial charge on any atom is 0.267 e. The third kappa shape index (κ3) is 3.40. The lowest BCUT2D eigenvalue weighted by Gasteiger charge is -2.21. The van der Waals surface area contributed by atoms with Gasteiger partial charge in [0.25, 0.3) is 5.92 Å². The van der Waals surface area contributed by atoms with Gasteiger partial charge in [-0.25, -0.2) is 8.78 Å². The minimum Gasteiger partial charge on any atom is -0.337 e. The van der Waals surface area contributed by atoms with E-state index in [9.17, 15) is 13.6 Å². The first-order chi connectivity index (χ1) is 11.9. The lowest BCUT2D eigenvalue weighted by atomic mass is 10.2. The fourth-order valence-electron chi connectivity index (χ4n) is 3.13. The van der Waals surface area contributed by atoms with E-state index in [4.69, 9.17) is 4.52 Å². The Labute approximate surface area is 143 Å². The van der Waals surface area contributed by atoms with Gasteiger partial charge in [-0.05, 0) is 25.3 Å². The number of aryl methyl sites for hydroxylation is 2. The Hall–Kier alpha value is -2.32. The van der Waals surface area contributed by atoms with Crippen LogP contribution in [-0.2, 0) is 11.3 Å². The summed E-state index contributed by atoms with van der Waals surface area (Å²) in [6, 6.07) is -0.859. The van der Waals surface area contributed by atoms with Gasteiger partial charge < -0.3 is 9.42 Å². The predicted octanol–water partition coefficient (Wildman–Crippen LogP) is 2.45. The summed E-state index contributed by atoms with van der Waals surface area (Å²) in [7, 11) is 0. The molecule has 1 amide bonds. The molecule has 2 aromatic heterocycles. The van der Waals surface area contributed by atoms with Crippen molar-refractivity contribution in [2.45, 2.75) is 57.0 Å². The first-order valence-electron chi connectivity index (χ1n) is 8.41. The van der Waals surface area contributed by atoms with Gasteiger partial charge in [0.1, 0.15) is 6.04 Å². The number of hydrogen-bond acceptors (Lipinski definition) is 5. The molecule has 1 aliphatic carbocycles. The number of aromatic nitrogens is 4. The van der Waals surface area contributed by atoms with Crippen LogP contribution in [0.15, 0.2) is 16.9 Å². The summed E-state index contributed by atoms with van der Waals surface area (Å²) in [5.74, 6) is -2.36. The van der Waals surface area contributed by atoms with E-state index in [1.165, 1.54) is 4.90 Å². The van der Waals surface area contributed by atoms with Crippen molar-refractivity contribution < 1.29 is 18.1 Å². The summed E-state index contributed by atoms with van der Waals surface area (Å²) in [4.78, 5) is 17.9. The van der Waals surface area contributed by atoms with Gasteiger partial charge in [0.2, 0.25) is 11.8 Å². The molecule has 3 heterocycles. The molecule has 0 aromatic carbocycles. The third-order valence-electron chi connectivity index (χ3n) is 4.59. The maximum absolute atomic E-state index is 13.9. The van der Waals surface area contributed by atoms with Crippen LogP contribution in [0.4, 0.5) is 8.78 Å². The van der Waals surface area contributed by atoms with Crippen molar-refractivity contribution in [3.63, 3.8) is 0 Å². The second-order valence-corrected chi connectivity index (χ2v) is 6.89. The van der Waals surface area contributed by atoms with Crippen LogP contribution in [0.3, 0.4) is 0 Å². The standard InChI is InChI=1S/C16H19F2N5O2/c1-10-7-19-22(8-10)5-4-13(24)23-9-16(17,18)6-12(23)15-20-14(21-25-15)11-2-3-11/h7-8,11-12H,2-6,9H2,1H3/t12-/m0/s1. The zero-order chi connectivity index (χ0) is 17.6. The van der Waals surface area contributed by atoms with Gasteiger partial charge in [-0.15, -0.1) is 0 Å². The quantitative estimate of drug-likeness (QED) is 0.827. The second-order valence-electron chi connectivity index (χ2n) is 6.89. The molecule has 2 fully saturated rings. The molecule has 2 aromatic rings. The molecule has 1 aliphatic heterocycles. The molecular weight excluding hydrogens is 332 g/mol. The lowest BCUT2D eigenvalue weighted by Crippen LogP contribution is -2.33. The maximum atomic E-state index is 13.9. The second kappa shape index (κ2) is 5.89. The number of hydrogen-bond donors (Lipinski definition) is 0. The van der Waals surface area contributed by atoms with Crippen LogP contribution < -0.4 is 0 Å². The minimum absolute atomic E-state index is 0.0946. The van der Waals surface area contributed by atoms with E-state index in [1.807, 2.05) is 13.1 Å². The Morgan fingerprint density at radius 3 is 2.92 bits per heavy atom. The van der Waals surface area contributed by atoms with E-state index in [2.05, 4.69) is 15.2 Å². The Morgan fingerprint density at radius 2 is 2.24 bits per heavy atom. The average Bonchev–Trinajstić information content (AvgIpc) is 3.00. The Morgan fingerprint density at radius 1 is 1.44 bits per heavy atom. The monoisotopic (exact) mass is 351 g/mol. The Balaban J connectivity index is 1.47. The lowest BCUT2D eigenvalue weighted by molar-refractivity contribution is -0.134. The Kier molecular flexibility index (Phi) is 3.81. The third-order valence-corrected chi connectivity index (χ3v) is 4.59. The molecule has 0 bridgehead atoms. The van der Waals surface area contributed by atoms with Gasteiger partial charge >= 0.3 is 0 Å². The zero-order valence-electron chi connectivity index (χ0n) is 13.9. The fourth-order valence-corrected chi connectivity index (χ4v) is 3.13. The summed E-state index contributed by atoms with van der Waals surface area (Å²) >= 11 is 0. The normalized spacial score (nSPS) is 22.5. The van der Waals surface area contributed by atoms with Gasteiger partial charge in [0, 0.05) is 31.5 Å². The van der Waals surface area contributed by atoms with E-state index in [-0.39, 0.29) is 24.1 Å². The number of rotatable bonds is 5. The summed E-state index contributed by atoms with van der Waals surface area (Å²) in [5.41, 5.74) is 0.983. The molecule has 2 aliphatic rings. The van der Waals surface area contributed by atoms with Gasteiger partial charge in [-0.2, -0.15) is 10.1 Å². The first kappa shape index (κ1) is 16.2. The molecule has 25 heavy (non-hydrogen) atoms. The summed E-state index contributed by atoms with van der Waals surface area (Å²) in [6.07, 6.45) is 5.10. The largest absolute Gasteiger partial charge is 0.337 e. The minimum atomic E-state index is -2.95. The van der Waals surface area contributed by atoms with Gasteiger partial charge in [0.05, 0.1) is 12.7 Å². The van der Waals surface area contributed by atoms with Crippen molar-refractivity contribution in [3.8, 4) is 0 Å². The van der Waals surface area contributed by atoms with Crippen molar-refractivity contribution in [1.29, 1.82) is 0 Å².